The molecular weight excluding hydrogens is 1030 g/mol. The maximum atomic E-state index is 12.9. The number of piperidine rings is 2. The second kappa shape index (κ2) is 23.7. The number of alkyl halides is 6. The molecule has 4 fully saturated rings. The maximum absolute atomic E-state index is 12.9. The number of carbonyl (C=O) groups is 3. The number of hydrogen-bond donors (Lipinski definition) is 1. The minimum absolute atomic E-state index is 0.142. The van der Waals surface area contributed by atoms with Crippen molar-refractivity contribution in [3.63, 3.8) is 0 Å². The zero-order valence-electron chi connectivity index (χ0n) is 40.1. The van der Waals surface area contributed by atoms with Crippen molar-refractivity contribution >= 4 is 41.7 Å². The molecule has 21 heteroatoms. The van der Waals surface area contributed by atoms with Crippen molar-refractivity contribution in [3.8, 4) is 34.5 Å². The summed E-state index contributed by atoms with van der Waals surface area (Å²) in [5.74, 6) is 2.30. The summed E-state index contributed by atoms with van der Waals surface area (Å²) in [5, 5.41) is 4.46. The van der Waals surface area contributed by atoms with E-state index in [-0.39, 0.29) is 22.3 Å². The highest BCUT2D eigenvalue weighted by Crippen LogP contribution is 2.42. The van der Waals surface area contributed by atoms with E-state index in [9.17, 15) is 40.7 Å². The zero-order chi connectivity index (χ0) is 53.2. The summed E-state index contributed by atoms with van der Waals surface area (Å²) in [4.78, 5) is 47.6. The number of likely N-dealkylation sites (tertiary alicyclic amines) is 3. The average molecular weight is 1080 g/mol. The van der Waals surface area contributed by atoms with E-state index in [0.717, 1.165) is 101 Å². The van der Waals surface area contributed by atoms with Crippen LogP contribution in [-0.4, -0.2) is 95.5 Å². The molecule has 2 amide bonds. The molecule has 0 saturated carbocycles. The highest BCUT2D eigenvalue weighted by molar-refractivity contribution is 6.31. The molecule has 4 aliphatic heterocycles. The average Bonchev–Trinajstić information content (AvgIpc) is 3.36. The van der Waals surface area contributed by atoms with E-state index in [1.807, 2.05) is 30.3 Å². The zero-order valence-corrected chi connectivity index (χ0v) is 41.6. The molecule has 0 atom stereocenters. The summed E-state index contributed by atoms with van der Waals surface area (Å²) in [5.41, 5.74) is 0.268. The van der Waals surface area contributed by atoms with Crippen molar-refractivity contribution in [2.45, 2.75) is 44.6 Å². The van der Waals surface area contributed by atoms with Crippen molar-refractivity contribution in [1.82, 2.24) is 30.0 Å². The van der Waals surface area contributed by atoms with Gasteiger partial charge in [0.15, 0.2) is 11.5 Å². The quantitative estimate of drug-likeness (QED) is 0.109. The first kappa shape index (κ1) is 54.3. The van der Waals surface area contributed by atoms with Crippen LogP contribution in [0.3, 0.4) is 0 Å². The number of benzene rings is 4. The fraction of sp³-hybridized carbons (Fsp3) is 0.315. The van der Waals surface area contributed by atoms with Crippen molar-refractivity contribution < 1.29 is 59.7 Å². The Balaban J connectivity index is 0.000000166. The molecule has 0 aliphatic carbocycles. The van der Waals surface area contributed by atoms with Gasteiger partial charge in [-0.05, 0) is 115 Å². The topological polar surface area (TPSA) is 136 Å². The number of carbonyl (C=O) groups excluding carboxylic acids is 3. The molecule has 6 aromatic rings. The first-order chi connectivity index (χ1) is 35.8. The van der Waals surface area contributed by atoms with Gasteiger partial charge in [-0.15, -0.1) is 0 Å². The lowest BCUT2D eigenvalue weighted by Gasteiger charge is -2.54. The van der Waals surface area contributed by atoms with Crippen LogP contribution >= 0.6 is 23.2 Å². The highest BCUT2D eigenvalue weighted by Gasteiger charge is 2.46. The Morgan fingerprint density at radius 1 is 0.573 bits per heavy atom. The van der Waals surface area contributed by atoms with Crippen LogP contribution in [0.4, 0.5) is 35.9 Å². The van der Waals surface area contributed by atoms with Gasteiger partial charge in [0, 0.05) is 86.9 Å². The summed E-state index contributed by atoms with van der Waals surface area (Å²) in [6.45, 7) is 6.70. The number of aldehydes is 1. The van der Waals surface area contributed by atoms with E-state index in [2.05, 4.69) is 26.3 Å². The van der Waals surface area contributed by atoms with Crippen LogP contribution in [0.25, 0.3) is 0 Å². The van der Waals surface area contributed by atoms with Crippen LogP contribution in [0.5, 0.6) is 34.5 Å². The van der Waals surface area contributed by atoms with E-state index >= 15 is 0 Å². The number of pyridine rings is 2. The van der Waals surface area contributed by atoms with Crippen molar-refractivity contribution in [3.05, 3.63) is 166 Å². The molecule has 1 N–H and O–H groups in total. The Labute approximate surface area is 438 Å². The van der Waals surface area contributed by atoms with Crippen LogP contribution < -0.4 is 24.3 Å². The third-order valence-corrected chi connectivity index (χ3v) is 13.6. The first-order valence-corrected chi connectivity index (χ1v) is 24.5. The maximum Gasteiger partial charge on any atom is 0.418 e. The number of nitrogens with zero attached hydrogens (tertiary/aromatic N) is 5. The van der Waals surface area contributed by atoms with Gasteiger partial charge in [-0.2, -0.15) is 26.3 Å². The fourth-order valence-corrected chi connectivity index (χ4v) is 9.39. The molecule has 13 nitrogen and oxygen atoms in total. The summed E-state index contributed by atoms with van der Waals surface area (Å²) >= 11 is 11.9. The summed E-state index contributed by atoms with van der Waals surface area (Å²) in [6, 6.07) is 30.9. The predicted molar refractivity (Wildman–Crippen MR) is 266 cm³/mol. The van der Waals surface area contributed by atoms with Gasteiger partial charge >= 0.3 is 24.5 Å². The normalized spacial score (nSPS) is 16.7. The molecule has 394 valence electrons. The van der Waals surface area contributed by atoms with E-state index < -0.39 is 35.7 Å². The molecule has 4 saturated heterocycles. The second-order valence-corrected chi connectivity index (χ2v) is 19.6. The molecule has 4 aromatic carbocycles. The standard InChI is InChI=1S/C27H25ClF3N3O3.C14H16F3N3O2.C13H9ClO2/c28-21-4-2-6-23(13-21)36-22-5-1-3-19(11-22)16-33-17-26(18-33)7-9-34(10-8-26)25(35)37-24-12-20(14-32-15-24)27(29,30)31;15-14(16,17)10-5-11(7-18-6-10)22-12(21)20-3-1-13(2-4-20)8-19-9-13;14-11-4-2-6-13(8-11)16-12-5-1-3-10(7-12)9-15/h1-6,11-15H,7-10,16-18H2;5-7,19H,1-4,8-9H2;1-9H. The molecule has 4 aliphatic rings. The fourth-order valence-electron chi connectivity index (χ4n) is 9.03. The second-order valence-electron chi connectivity index (χ2n) is 18.7. The number of hydrogen-bond acceptors (Lipinski definition) is 11. The summed E-state index contributed by atoms with van der Waals surface area (Å²) < 4.78 is 98.1. The van der Waals surface area contributed by atoms with Gasteiger partial charge in [0.2, 0.25) is 0 Å². The summed E-state index contributed by atoms with van der Waals surface area (Å²) in [6.07, 6.45) is -2.53. The number of aromatic nitrogens is 2. The minimum atomic E-state index is -4.55. The molecule has 10 rings (SSSR count). The van der Waals surface area contributed by atoms with E-state index in [0.29, 0.717) is 71.4 Å². The Bertz CT molecular complexity index is 2940. The van der Waals surface area contributed by atoms with Crippen molar-refractivity contribution in [1.29, 1.82) is 0 Å². The SMILES string of the molecule is O=C(Oc1cncc(C(F)(F)F)c1)N1CCC2(CC1)CN(Cc1cccc(Oc3cccc(Cl)c3)c1)C2.O=C(Oc1cncc(C(F)(F)F)c1)N1CCC2(CC1)CNC2.O=Cc1cccc(Oc2cccc(Cl)c2)c1. The number of halogens is 8. The Morgan fingerprint density at radius 2 is 1.01 bits per heavy atom. The third kappa shape index (κ3) is 15.1. The van der Waals surface area contributed by atoms with Gasteiger partial charge in [0.05, 0.1) is 23.5 Å². The molecule has 2 aromatic heterocycles. The van der Waals surface area contributed by atoms with Gasteiger partial charge in [0.1, 0.15) is 29.3 Å². The lowest BCUT2D eigenvalue weighted by molar-refractivity contribution is -0.138. The van der Waals surface area contributed by atoms with Gasteiger partial charge < -0.3 is 34.1 Å². The molecule has 6 heterocycles. The molecule has 75 heavy (non-hydrogen) atoms. The molecule has 0 radical (unpaired) electrons. The molecular formula is C54H50Cl2F6N6O7. The number of amides is 2. The number of nitrogens with one attached hydrogen (secondary N) is 1. The van der Waals surface area contributed by atoms with Gasteiger partial charge in [0.25, 0.3) is 0 Å². The minimum Gasteiger partial charge on any atom is -0.457 e. The Morgan fingerprint density at radius 3 is 1.45 bits per heavy atom. The molecule has 0 bridgehead atoms. The van der Waals surface area contributed by atoms with E-state index in [1.165, 1.54) is 4.90 Å². The predicted octanol–water partition coefficient (Wildman–Crippen LogP) is 12.9. The van der Waals surface area contributed by atoms with E-state index in [1.54, 1.807) is 65.6 Å². The lowest BCUT2D eigenvalue weighted by Crippen LogP contribution is -2.60. The Kier molecular flexibility index (Phi) is 17.2. The molecule has 2 spiro atoms. The van der Waals surface area contributed by atoms with Crippen LogP contribution in [0, 0.1) is 10.8 Å². The van der Waals surface area contributed by atoms with Crippen LogP contribution in [0.1, 0.15) is 52.7 Å². The first-order valence-electron chi connectivity index (χ1n) is 23.8. The van der Waals surface area contributed by atoms with Gasteiger partial charge in [-0.3, -0.25) is 19.7 Å². The highest BCUT2D eigenvalue weighted by atomic mass is 35.5. The van der Waals surface area contributed by atoms with Crippen LogP contribution in [-0.2, 0) is 18.9 Å². The smallest absolute Gasteiger partial charge is 0.418 e. The largest absolute Gasteiger partial charge is 0.457 e. The number of rotatable bonds is 9. The van der Waals surface area contributed by atoms with Gasteiger partial charge in [-0.1, -0.05) is 59.6 Å². The van der Waals surface area contributed by atoms with Crippen LogP contribution in [0.15, 0.2) is 134 Å². The lowest BCUT2D eigenvalue weighted by atomic mass is 9.72. The van der Waals surface area contributed by atoms with Gasteiger partial charge in [-0.25, -0.2) is 9.59 Å². The van der Waals surface area contributed by atoms with Crippen molar-refractivity contribution in [2.75, 3.05) is 52.4 Å². The number of ether oxygens (including phenoxy) is 4. The van der Waals surface area contributed by atoms with E-state index in [4.69, 9.17) is 42.1 Å². The van der Waals surface area contributed by atoms with Crippen LogP contribution in [0.2, 0.25) is 10.0 Å². The Hall–Kier alpha value is -6.93. The summed E-state index contributed by atoms with van der Waals surface area (Å²) in [7, 11) is 0. The monoisotopic (exact) mass is 1080 g/mol. The van der Waals surface area contributed by atoms with Crippen molar-refractivity contribution in [2.24, 2.45) is 10.8 Å². The molecule has 0 unspecified atom stereocenters. The third-order valence-electron chi connectivity index (χ3n) is 13.1.